The van der Waals surface area contributed by atoms with E-state index in [1.165, 1.54) is 50.5 Å². The molecule has 0 unspecified atom stereocenters. The number of aryl methyl sites for hydroxylation is 1. The lowest BCUT2D eigenvalue weighted by atomic mass is 9.90. The molecule has 0 radical (unpaired) electrons. The molecule has 146 valence electrons. The van der Waals surface area contributed by atoms with Crippen molar-refractivity contribution < 1.29 is 9.72 Å². The molecular formula is C21H25N4OS2+. The largest absolute Gasteiger partial charge is 0.378 e. The molecular weight excluding hydrogens is 388 g/mol. The Morgan fingerprint density at radius 1 is 1.29 bits per heavy atom. The van der Waals surface area contributed by atoms with Crippen molar-refractivity contribution in [1.29, 1.82) is 0 Å². The molecule has 1 aliphatic carbocycles. The average molecular weight is 414 g/mol. The summed E-state index contributed by atoms with van der Waals surface area (Å²) in [5, 5.41) is 2.46. The average Bonchev–Trinajstić information content (AvgIpc) is 3.11. The summed E-state index contributed by atoms with van der Waals surface area (Å²) in [7, 11) is 0. The second-order valence-electron chi connectivity index (χ2n) is 7.64. The Bertz CT molecular complexity index is 1060. The number of ether oxygens (including phenoxy) is 1. The van der Waals surface area contributed by atoms with E-state index in [9.17, 15) is 0 Å². The predicted molar refractivity (Wildman–Crippen MR) is 117 cm³/mol. The van der Waals surface area contributed by atoms with E-state index in [-0.39, 0.29) is 0 Å². The summed E-state index contributed by atoms with van der Waals surface area (Å²) in [4.78, 5) is 16.8. The van der Waals surface area contributed by atoms with Gasteiger partial charge in [-0.15, -0.1) is 11.3 Å². The molecule has 0 atom stereocenters. The van der Waals surface area contributed by atoms with Crippen molar-refractivity contribution in [3.05, 3.63) is 29.6 Å². The van der Waals surface area contributed by atoms with Gasteiger partial charge < -0.3 is 9.64 Å². The zero-order chi connectivity index (χ0) is 19.1. The molecule has 4 heterocycles. The number of nitrogens with zero attached hydrogens (tertiary/aromatic N) is 3. The number of rotatable bonds is 4. The van der Waals surface area contributed by atoms with Crippen molar-refractivity contribution in [2.24, 2.45) is 0 Å². The molecule has 0 aromatic carbocycles. The Hall–Kier alpha value is -1.70. The van der Waals surface area contributed by atoms with E-state index in [1.54, 1.807) is 23.1 Å². The molecule has 5 rings (SSSR count). The maximum Gasteiger partial charge on any atom is 0.285 e. The fourth-order valence-electron chi connectivity index (χ4n) is 4.19. The highest BCUT2D eigenvalue weighted by molar-refractivity contribution is 7.99. The second kappa shape index (κ2) is 7.61. The molecule has 5 nitrogen and oxygen atoms in total. The minimum absolute atomic E-state index is 0.791. The second-order valence-corrected chi connectivity index (χ2v) is 9.62. The first-order chi connectivity index (χ1) is 13.7. The van der Waals surface area contributed by atoms with Gasteiger partial charge in [-0.05, 0) is 48.7 Å². The smallest absolute Gasteiger partial charge is 0.285 e. The Morgan fingerprint density at radius 2 is 2.07 bits per heavy atom. The summed E-state index contributed by atoms with van der Waals surface area (Å²) < 4.78 is 6.80. The number of H-pyrrole nitrogens is 1. The van der Waals surface area contributed by atoms with Crippen molar-refractivity contribution in [2.75, 3.05) is 37.0 Å². The molecule has 2 aliphatic rings. The molecule has 3 aromatic heterocycles. The van der Waals surface area contributed by atoms with Crippen LogP contribution in [-0.2, 0) is 17.6 Å². The number of thiophene rings is 1. The van der Waals surface area contributed by atoms with Crippen molar-refractivity contribution in [3.8, 4) is 0 Å². The SMILES string of the molecule is C=C(C)CSc1[nH+]cnc2c1sc1nc(N3CCOCC3)c3c(c12)CCCC3. The standard InChI is InChI=1S/C21H24N4OS2/c1-13(2)11-27-21-18-17(22-12-23-21)16-14-5-3-4-6-15(14)19(24-20(16)28-18)25-7-9-26-10-8-25/h12H,1,3-11H2,2H3/p+1. The van der Waals surface area contributed by atoms with E-state index in [1.807, 2.05) is 6.33 Å². The van der Waals surface area contributed by atoms with Crippen LogP contribution < -0.4 is 9.88 Å². The summed E-state index contributed by atoms with van der Waals surface area (Å²) in [5.41, 5.74) is 5.22. The van der Waals surface area contributed by atoms with Gasteiger partial charge in [-0.1, -0.05) is 23.9 Å². The van der Waals surface area contributed by atoms with Crippen molar-refractivity contribution in [3.63, 3.8) is 0 Å². The van der Waals surface area contributed by atoms with Gasteiger partial charge in [-0.25, -0.2) is 9.97 Å². The number of thioether (sulfide) groups is 1. The maximum atomic E-state index is 5.57. The molecule has 1 fully saturated rings. The number of nitrogens with one attached hydrogen (secondary N) is 1. The van der Waals surface area contributed by atoms with Crippen LogP contribution in [0.25, 0.3) is 20.4 Å². The number of hydrogen-bond donors (Lipinski definition) is 0. The lowest BCUT2D eigenvalue weighted by molar-refractivity contribution is -0.427. The van der Waals surface area contributed by atoms with Gasteiger partial charge in [0.05, 0.1) is 18.6 Å². The molecule has 1 saturated heterocycles. The van der Waals surface area contributed by atoms with Crippen LogP contribution in [0.1, 0.15) is 30.9 Å². The molecule has 28 heavy (non-hydrogen) atoms. The highest BCUT2D eigenvalue weighted by Crippen LogP contribution is 2.42. The highest BCUT2D eigenvalue weighted by Gasteiger charge is 2.28. The van der Waals surface area contributed by atoms with Crippen LogP contribution in [0.15, 0.2) is 23.5 Å². The van der Waals surface area contributed by atoms with Gasteiger partial charge in [-0.2, -0.15) is 0 Å². The van der Waals surface area contributed by atoms with Crippen molar-refractivity contribution >= 4 is 49.3 Å². The summed E-state index contributed by atoms with van der Waals surface area (Å²) in [5.74, 6) is 2.10. The van der Waals surface area contributed by atoms with Crippen LogP contribution >= 0.6 is 23.1 Å². The van der Waals surface area contributed by atoms with Crippen LogP contribution in [0, 0.1) is 0 Å². The number of morpholine rings is 1. The number of aromatic nitrogens is 3. The maximum absolute atomic E-state index is 5.57. The van der Waals surface area contributed by atoms with Gasteiger partial charge in [0.25, 0.3) is 6.33 Å². The summed E-state index contributed by atoms with van der Waals surface area (Å²) in [6.07, 6.45) is 6.59. The predicted octanol–water partition coefficient (Wildman–Crippen LogP) is 4.04. The van der Waals surface area contributed by atoms with E-state index in [0.717, 1.165) is 55.2 Å². The minimum atomic E-state index is 0.791. The Labute approximate surface area is 173 Å². The van der Waals surface area contributed by atoms with E-state index >= 15 is 0 Å². The number of aromatic amines is 1. The van der Waals surface area contributed by atoms with Gasteiger partial charge in [0.15, 0.2) is 5.03 Å². The summed E-state index contributed by atoms with van der Waals surface area (Å²) in [6.45, 7) is 9.56. The van der Waals surface area contributed by atoms with Crippen LogP contribution in [0.5, 0.6) is 0 Å². The molecule has 1 N–H and O–H groups in total. The molecule has 1 aliphatic heterocycles. The van der Waals surface area contributed by atoms with Crippen LogP contribution in [0.2, 0.25) is 0 Å². The molecule has 0 amide bonds. The number of anilines is 1. The van der Waals surface area contributed by atoms with Crippen molar-refractivity contribution in [2.45, 2.75) is 37.6 Å². The third kappa shape index (κ3) is 3.19. The number of pyridine rings is 1. The van der Waals surface area contributed by atoms with Gasteiger partial charge in [0.2, 0.25) is 5.52 Å². The molecule has 0 bridgehead atoms. The highest BCUT2D eigenvalue weighted by atomic mass is 32.2. The zero-order valence-corrected chi connectivity index (χ0v) is 17.8. The van der Waals surface area contributed by atoms with Gasteiger partial charge in [-0.3, -0.25) is 0 Å². The zero-order valence-electron chi connectivity index (χ0n) is 16.2. The molecule has 0 saturated carbocycles. The van der Waals surface area contributed by atoms with E-state index in [0.29, 0.717) is 0 Å². The van der Waals surface area contributed by atoms with Gasteiger partial charge in [0.1, 0.15) is 15.3 Å². The molecule has 7 heteroatoms. The fourth-order valence-corrected chi connectivity index (χ4v) is 6.30. The number of fused-ring (bicyclic) bond motifs is 5. The van der Waals surface area contributed by atoms with Crippen LogP contribution in [-0.4, -0.2) is 42.0 Å². The first-order valence-electron chi connectivity index (χ1n) is 9.97. The number of hydrogen-bond acceptors (Lipinski definition) is 6. The van der Waals surface area contributed by atoms with E-state index < -0.39 is 0 Å². The fraction of sp³-hybridized carbons (Fsp3) is 0.476. The summed E-state index contributed by atoms with van der Waals surface area (Å²) >= 11 is 3.58. The van der Waals surface area contributed by atoms with Gasteiger partial charge in [0, 0.05) is 18.8 Å². The monoisotopic (exact) mass is 413 g/mol. The Balaban J connectivity index is 1.71. The Kier molecular flexibility index (Phi) is 4.99. The minimum Gasteiger partial charge on any atom is -0.378 e. The van der Waals surface area contributed by atoms with Crippen LogP contribution in [0.4, 0.5) is 5.82 Å². The first-order valence-corrected chi connectivity index (χ1v) is 11.8. The topological polar surface area (TPSA) is 52.4 Å². The van der Waals surface area contributed by atoms with Gasteiger partial charge >= 0.3 is 0 Å². The third-order valence-corrected chi connectivity index (χ3v) is 7.95. The van der Waals surface area contributed by atoms with E-state index in [2.05, 4.69) is 23.4 Å². The summed E-state index contributed by atoms with van der Waals surface area (Å²) in [6, 6.07) is 0. The van der Waals surface area contributed by atoms with Crippen molar-refractivity contribution in [1.82, 2.24) is 9.97 Å². The van der Waals surface area contributed by atoms with E-state index in [4.69, 9.17) is 14.7 Å². The lowest BCUT2D eigenvalue weighted by Gasteiger charge is -2.31. The molecule has 3 aromatic rings. The molecule has 0 spiro atoms. The first kappa shape index (κ1) is 18.3. The quantitative estimate of drug-likeness (QED) is 0.367. The lowest BCUT2D eigenvalue weighted by Crippen LogP contribution is -2.37. The normalized spacial score (nSPS) is 17.2. The van der Waals surface area contributed by atoms with Crippen LogP contribution in [0.3, 0.4) is 0 Å². The Morgan fingerprint density at radius 3 is 2.86 bits per heavy atom. The third-order valence-electron chi connectivity index (χ3n) is 5.48.